The van der Waals surface area contributed by atoms with Crippen LogP contribution in [0.1, 0.15) is 38.7 Å². The monoisotopic (exact) mass is 304 g/mol. The fraction of sp³-hybridized carbons (Fsp3) is 0.611. The highest BCUT2D eigenvalue weighted by atomic mass is 16.5. The van der Waals surface area contributed by atoms with Gasteiger partial charge in [-0.2, -0.15) is 0 Å². The van der Waals surface area contributed by atoms with E-state index in [9.17, 15) is 4.79 Å². The molecule has 0 spiro atoms. The molecule has 0 saturated carbocycles. The van der Waals surface area contributed by atoms with Crippen LogP contribution in [0.25, 0.3) is 0 Å². The van der Waals surface area contributed by atoms with Crippen molar-refractivity contribution in [2.45, 2.75) is 39.7 Å². The predicted octanol–water partition coefficient (Wildman–Crippen LogP) is 2.73. The number of piperidine rings is 1. The van der Waals surface area contributed by atoms with Crippen molar-refractivity contribution in [3.05, 3.63) is 29.8 Å². The van der Waals surface area contributed by atoms with Crippen molar-refractivity contribution in [3.63, 3.8) is 0 Å². The van der Waals surface area contributed by atoms with E-state index in [1.54, 1.807) is 0 Å². The molecule has 1 fully saturated rings. The van der Waals surface area contributed by atoms with Gasteiger partial charge in [-0.15, -0.1) is 0 Å². The smallest absolute Gasteiger partial charge is 0.220 e. The van der Waals surface area contributed by atoms with Gasteiger partial charge in [0.15, 0.2) is 0 Å². The lowest BCUT2D eigenvalue weighted by Gasteiger charge is -2.27. The van der Waals surface area contributed by atoms with Crippen LogP contribution in [0.4, 0.5) is 0 Å². The van der Waals surface area contributed by atoms with Crippen molar-refractivity contribution in [3.8, 4) is 5.75 Å². The van der Waals surface area contributed by atoms with Gasteiger partial charge in [0.05, 0.1) is 6.61 Å². The molecule has 4 heteroatoms. The summed E-state index contributed by atoms with van der Waals surface area (Å²) in [7, 11) is 0. The summed E-state index contributed by atoms with van der Waals surface area (Å²) >= 11 is 0. The van der Waals surface area contributed by atoms with Crippen molar-refractivity contribution in [2.24, 2.45) is 11.8 Å². The van der Waals surface area contributed by atoms with Crippen LogP contribution in [-0.2, 0) is 11.3 Å². The number of nitrogens with one attached hydrogen (secondary N) is 2. The molecule has 0 aliphatic carbocycles. The van der Waals surface area contributed by atoms with Gasteiger partial charge in [-0.1, -0.05) is 19.1 Å². The third-order valence-electron chi connectivity index (χ3n) is 4.40. The molecule has 2 N–H and O–H groups in total. The van der Waals surface area contributed by atoms with Gasteiger partial charge in [-0.25, -0.2) is 0 Å². The van der Waals surface area contributed by atoms with E-state index in [4.69, 9.17) is 4.74 Å². The predicted molar refractivity (Wildman–Crippen MR) is 88.8 cm³/mol. The van der Waals surface area contributed by atoms with E-state index in [1.807, 2.05) is 31.2 Å². The molecule has 1 heterocycles. The molecule has 1 amide bonds. The van der Waals surface area contributed by atoms with Gasteiger partial charge >= 0.3 is 0 Å². The first-order valence-electron chi connectivity index (χ1n) is 8.38. The Kier molecular flexibility index (Phi) is 6.72. The molecule has 22 heavy (non-hydrogen) atoms. The Hall–Kier alpha value is -1.55. The number of ether oxygens (including phenoxy) is 1. The Bertz CT molecular complexity index is 470. The van der Waals surface area contributed by atoms with Gasteiger partial charge in [0.1, 0.15) is 5.75 Å². The first-order valence-corrected chi connectivity index (χ1v) is 8.38. The highest BCUT2D eigenvalue weighted by molar-refractivity contribution is 5.76. The van der Waals surface area contributed by atoms with Crippen molar-refractivity contribution >= 4 is 5.91 Å². The highest BCUT2D eigenvalue weighted by Crippen LogP contribution is 2.24. The summed E-state index contributed by atoms with van der Waals surface area (Å²) < 4.78 is 5.48. The van der Waals surface area contributed by atoms with Gasteiger partial charge in [0.2, 0.25) is 5.91 Å². The summed E-state index contributed by atoms with van der Waals surface area (Å²) in [6, 6.07) is 7.90. The van der Waals surface area contributed by atoms with Crippen LogP contribution in [0.2, 0.25) is 0 Å². The highest BCUT2D eigenvalue weighted by Gasteiger charge is 2.21. The minimum absolute atomic E-state index is 0.146. The maximum atomic E-state index is 12.1. The zero-order valence-corrected chi connectivity index (χ0v) is 13.7. The molecule has 1 aromatic rings. The molecule has 0 aromatic heterocycles. The zero-order valence-electron chi connectivity index (χ0n) is 13.7. The number of hydrogen-bond donors (Lipinski definition) is 2. The van der Waals surface area contributed by atoms with Crippen LogP contribution in [0.3, 0.4) is 0 Å². The molecule has 2 rings (SSSR count). The fourth-order valence-electron chi connectivity index (χ4n) is 3.06. The molecule has 0 radical (unpaired) electrons. The molecular formula is C18H28N2O2. The molecule has 1 atom stereocenters. The van der Waals surface area contributed by atoms with Crippen LogP contribution in [0.15, 0.2) is 24.3 Å². The van der Waals surface area contributed by atoms with E-state index in [1.165, 1.54) is 12.8 Å². The second-order valence-corrected chi connectivity index (χ2v) is 6.13. The Morgan fingerprint density at radius 3 is 2.91 bits per heavy atom. The number of hydrogen-bond acceptors (Lipinski definition) is 3. The maximum Gasteiger partial charge on any atom is 0.220 e. The first-order chi connectivity index (χ1) is 10.7. The zero-order chi connectivity index (χ0) is 15.8. The first kappa shape index (κ1) is 16.8. The van der Waals surface area contributed by atoms with Crippen molar-refractivity contribution in [1.29, 1.82) is 0 Å². The SMILES string of the molecule is CCOc1cccc(CNC(=O)CC(C)C2CCNCC2)c1. The quantitative estimate of drug-likeness (QED) is 0.814. The molecule has 1 aromatic carbocycles. The number of carbonyl (C=O) groups is 1. The Balaban J connectivity index is 1.76. The van der Waals surface area contributed by atoms with Crippen LogP contribution >= 0.6 is 0 Å². The fourth-order valence-corrected chi connectivity index (χ4v) is 3.06. The van der Waals surface area contributed by atoms with Crippen molar-refractivity contribution < 1.29 is 9.53 Å². The molecule has 4 nitrogen and oxygen atoms in total. The summed E-state index contributed by atoms with van der Waals surface area (Å²) in [6.45, 7) is 7.56. The lowest BCUT2D eigenvalue weighted by Crippen LogP contribution is -2.33. The molecule has 1 aliphatic rings. The number of benzene rings is 1. The average Bonchev–Trinajstić information content (AvgIpc) is 2.54. The lowest BCUT2D eigenvalue weighted by atomic mass is 9.84. The van der Waals surface area contributed by atoms with Gasteiger partial charge in [-0.05, 0) is 62.4 Å². The van der Waals surface area contributed by atoms with Gasteiger partial charge < -0.3 is 15.4 Å². The topological polar surface area (TPSA) is 50.4 Å². The van der Waals surface area contributed by atoms with Crippen molar-refractivity contribution in [2.75, 3.05) is 19.7 Å². The maximum absolute atomic E-state index is 12.1. The standard InChI is InChI=1S/C18H28N2O2/c1-3-22-17-6-4-5-15(12-17)13-20-18(21)11-14(2)16-7-9-19-10-8-16/h4-6,12,14,16,19H,3,7-11,13H2,1-2H3,(H,20,21). The second kappa shape index (κ2) is 8.79. The minimum atomic E-state index is 0.146. The second-order valence-electron chi connectivity index (χ2n) is 6.13. The summed E-state index contributed by atoms with van der Waals surface area (Å²) in [5.74, 6) is 2.13. The number of carbonyl (C=O) groups excluding carboxylic acids is 1. The van der Waals surface area contributed by atoms with Crippen LogP contribution in [0, 0.1) is 11.8 Å². The van der Waals surface area contributed by atoms with E-state index in [0.717, 1.165) is 24.4 Å². The Morgan fingerprint density at radius 2 is 2.18 bits per heavy atom. The summed E-state index contributed by atoms with van der Waals surface area (Å²) in [5, 5.41) is 6.40. The van der Waals surface area contributed by atoms with Crippen LogP contribution < -0.4 is 15.4 Å². The number of amides is 1. The number of rotatable bonds is 7. The van der Waals surface area contributed by atoms with E-state index in [0.29, 0.717) is 31.4 Å². The average molecular weight is 304 g/mol. The van der Waals surface area contributed by atoms with Gasteiger partial charge in [0.25, 0.3) is 0 Å². The molecule has 1 saturated heterocycles. The largest absolute Gasteiger partial charge is 0.494 e. The Labute approximate surface area is 133 Å². The minimum Gasteiger partial charge on any atom is -0.494 e. The van der Waals surface area contributed by atoms with E-state index in [2.05, 4.69) is 17.6 Å². The van der Waals surface area contributed by atoms with Crippen molar-refractivity contribution in [1.82, 2.24) is 10.6 Å². The molecular weight excluding hydrogens is 276 g/mol. The molecule has 1 unspecified atom stereocenters. The van der Waals surface area contributed by atoms with Gasteiger partial charge in [0, 0.05) is 13.0 Å². The summed E-state index contributed by atoms with van der Waals surface area (Å²) in [5.41, 5.74) is 1.08. The summed E-state index contributed by atoms with van der Waals surface area (Å²) in [4.78, 5) is 12.1. The summed E-state index contributed by atoms with van der Waals surface area (Å²) in [6.07, 6.45) is 2.99. The molecule has 0 bridgehead atoms. The van der Waals surface area contributed by atoms with E-state index in [-0.39, 0.29) is 5.91 Å². The Morgan fingerprint density at radius 1 is 1.41 bits per heavy atom. The lowest BCUT2D eigenvalue weighted by molar-refractivity contribution is -0.122. The third-order valence-corrected chi connectivity index (χ3v) is 4.40. The third kappa shape index (κ3) is 5.34. The van der Waals surface area contributed by atoms with Crippen LogP contribution in [0.5, 0.6) is 5.75 Å². The van der Waals surface area contributed by atoms with Gasteiger partial charge in [-0.3, -0.25) is 4.79 Å². The molecule has 1 aliphatic heterocycles. The normalized spacial score (nSPS) is 17.0. The van der Waals surface area contributed by atoms with E-state index < -0.39 is 0 Å². The molecule has 122 valence electrons. The van der Waals surface area contributed by atoms with E-state index >= 15 is 0 Å². The van der Waals surface area contributed by atoms with Crippen LogP contribution in [-0.4, -0.2) is 25.6 Å².